The number of nitrogens with one attached hydrogen (secondary N) is 1. The standard InChI is InChI=1S/C14H16N4O2S.ClH/c1-10(19)17-3-5-18(6-4-17)14-15-12(13(20)16-14)8-11-2-7-21-9-11;/h2,7-9H,3-6H2,1H3,(H,15,16,20);1H. The highest BCUT2D eigenvalue weighted by atomic mass is 35.5. The summed E-state index contributed by atoms with van der Waals surface area (Å²) in [4.78, 5) is 31.4. The summed E-state index contributed by atoms with van der Waals surface area (Å²) in [6.07, 6.45) is 1.78. The number of halogens is 1. The summed E-state index contributed by atoms with van der Waals surface area (Å²) < 4.78 is 0. The van der Waals surface area contributed by atoms with Gasteiger partial charge in [-0.25, -0.2) is 4.99 Å². The van der Waals surface area contributed by atoms with Gasteiger partial charge in [0.1, 0.15) is 5.70 Å². The van der Waals surface area contributed by atoms with Crippen molar-refractivity contribution < 1.29 is 9.59 Å². The van der Waals surface area contributed by atoms with Gasteiger partial charge in [0.15, 0.2) is 0 Å². The van der Waals surface area contributed by atoms with Crippen molar-refractivity contribution in [2.24, 2.45) is 4.99 Å². The van der Waals surface area contributed by atoms with E-state index in [-0.39, 0.29) is 24.2 Å². The normalized spacial score (nSPS) is 19.8. The molecule has 0 saturated carbocycles. The summed E-state index contributed by atoms with van der Waals surface area (Å²) in [5.74, 6) is 0.500. The fourth-order valence-corrected chi connectivity index (χ4v) is 2.97. The molecule has 1 N–H and O–H groups in total. The molecule has 118 valence electrons. The zero-order chi connectivity index (χ0) is 14.8. The van der Waals surface area contributed by atoms with Crippen LogP contribution in [-0.4, -0.2) is 53.8 Å². The summed E-state index contributed by atoms with van der Waals surface area (Å²) in [7, 11) is 0. The Labute approximate surface area is 138 Å². The summed E-state index contributed by atoms with van der Waals surface area (Å²) >= 11 is 1.58. The van der Waals surface area contributed by atoms with Crippen molar-refractivity contribution in [1.82, 2.24) is 15.1 Å². The zero-order valence-electron chi connectivity index (χ0n) is 12.1. The van der Waals surface area contributed by atoms with Gasteiger partial charge in [0.05, 0.1) is 0 Å². The van der Waals surface area contributed by atoms with Crippen LogP contribution in [0.1, 0.15) is 12.5 Å². The smallest absolute Gasteiger partial charge is 0.276 e. The molecule has 2 aliphatic rings. The molecule has 0 aromatic carbocycles. The van der Waals surface area contributed by atoms with Crippen molar-refractivity contribution in [2.45, 2.75) is 6.92 Å². The molecule has 6 nitrogen and oxygen atoms in total. The lowest BCUT2D eigenvalue weighted by Gasteiger charge is -2.34. The SMILES string of the molecule is CC(=O)N1CCN(C2=NC(=Cc3ccsc3)C(=O)N2)CC1.Cl. The number of carbonyl (C=O) groups is 2. The van der Waals surface area contributed by atoms with Crippen LogP contribution in [-0.2, 0) is 9.59 Å². The quantitative estimate of drug-likeness (QED) is 0.780. The third kappa shape index (κ3) is 3.48. The summed E-state index contributed by atoms with van der Waals surface area (Å²) in [6.45, 7) is 4.27. The van der Waals surface area contributed by atoms with Crippen molar-refractivity contribution in [3.05, 3.63) is 28.1 Å². The molecule has 3 rings (SSSR count). The maximum Gasteiger partial charge on any atom is 0.276 e. The second-order valence-corrected chi connectivity index (χ2v) is 5.75. The lowest BCUT2D eigenvalue weighted by Crippen LogP contribution is -2.52. The van der Waals surface area contributed by atoms with Gasteiger partial charge in [-0.1, -0.05) is 0 Å². The number of piperazine rings is 1. The summed E-state index contributed by atoms with van der Waals surface area (Å²) in [5.41, 5.74) is 1.41. The average Bonchev–Trinajstić information content (AvgIpc) is 3.10. The Bertz CT molecular complexity index is 619. The van der Waals surface area contributed by atoms with Gasteiger partial charge < -0.3 is 9.80 Å². The third-order valence-electron chi connectivity index (χ3n) is 3.56. The van der Waals surface area contributed by atoms with Crippen molar-refractivity contribution in [3.8, 4) is 0 Å². The van der Waals surface area contributed by atoms with Crippen LogP contribution in [0.4, 0.5) is 0 Å². The van der Waals surface area contributed by atoms with Crippen LogP contribution < -0.4 is 5.32 Å². The zero-order valence-corrected chi connectivity index (χ0v) is 13.7. The largest absolute Gasteiger partial charge is 0.339 e. The first-order valence-corrected chi connectivity index (χ1v) is 7.72. The van der Waals surface area contributed by atoms with Crippen molar-refractivity contribution in [3.63, 3.8) is 0 Å². The predicted molar refractivity (Wildman–Crippen MR) is 88.9 cm³/mol. The number of amides is 2. The molecular formula is C14H17ClN4O2S. The number of hydrogen-bond acceptors (Lipinski definition) is 5. The van der Waals surface area contributed by atoms with E-state index in [2.05, 4.69) is 10.3 Å². The molecule has 0 spiro atoms. The van der Waals surface area contributed by atoms with Crippen LogP contribution in [0, 0.1) is 0 Å². The van der Waals surface area contributed by atoms with Crippen LogP contribution in [0.5, 0.6) is 0 Å². The molecule has 0 aliphatic carbocycles. The van der Waals surface area contributed by atoms with Gasteiger partial charge in [-0.05, 0) is 28.5 Å². The Morgan fingerprint density at radius 1 is 1.36 bits per heavy atom. The van der Waals surface area contributed by atoms with Crippen molar-refractivity contribution in [2.75, 3.05) is 26.2 Å². The summed E-state index contributed by atoms with van der Waals surface area (Å²) in [5, 5.41) is 6.73. The van der Waals surface area contributed by atoms with E-state index in [1.807, 2.05) is 21.7 Å². The van der Waals surface area contributed by atoms with Crippen LogP contribution in [0.15, 0.2) is 27.5 Å². The lowest BCUT2D eigenvalue weighted by atomic mass is 10.3. The van der Waals surface area contributed by atoms with E-state index in [1.165, 1.54) is 0 Å². The molecule has 3 heterocycles. The van der Waals surface area contributed by atoms with Gasteiger partial charge in [-0.15, -0.1) is 12.4 Å². The molecular weight excluding hydrogens is 324 g/mol. The first-order valence-electron chi connectivity index (χ1n) is 6.78. The lowest BCUT2D eigenvalue weighted by molar-refractivity contribution is -0.130. The first kappa shape index (κ1) is 16.5. The monoisotopic (exact) mass is 340 g/mol. The minimum atomic E-state index is -0.176. The van der Waals surface area contributed by atoms with Crippen LogP contribution in [0.2, 0.25) is 0 Å². The molecule has 0 atom stereocenters. The maximum absolute atomic E-state index is 11.9. The predicted octanol–water partition coefficient (Wildman–Crippen LogP) is 1.16. The number of guanidine groups is 1. The van der Waals surface area contributed by atoms with E-state index in [0.717, 1.165) is 5.56 Å². The Morgan fingerprint density at radius 3 is 2.68 bits per heavy atom. The highest BCUT2D eigenvalue weighted by Gasteiger charge is 2.27. The molecule has 0 unspecified atom stereocenters. The number of carbonyl (C=O) groups excluding carboxylic acids is 2. The van der Waals surface area contributed by atoms with Gasteiger partial charge in [-0.2, -0.15) is 11.3 Å². The second kappa shape index (κ2) is 6.93. The molecule has 1 saturated heterocycles. The summed E-state index contributed by atoms with van der Waals surface area (Å²) in [6, 6.07) is 1.95. The topological polar surface area (TPSA) is 65.0 Å². The van der Waals surface area contributed by atoms with Gasteiger partial charge in [-0.3, -0.25) is 14.9 Å². The molecule has 0 radical (unpaired) electrons. The maximum atomic E-state index is 11.9. The molecule has 2 amide bonds. The van der Waals surface area contributed by atoms with E-state index in [9.17, 15) is 9.59 Å². The Balaban J connectivity index is 0.00000176. The van der Waals surface area contributed by atoms with Gasteiger partial charge >= 0.3 is 0 Å². The van der Waals surface area contributed by atoms with Crippen molar-refractivity contribution in [1.29, 1.82) is 0 Å². The van der Waals surface area contributed by atoms with E-state index < -0.39 is 0 Å². The molecule has 1 fully saturated rings. The number of thiophene rings is 1. The number of hydrogen-bond donors (Lipinski definition) is 1. The first-order chi connectivity index (χ1) is 10.1. The molecule has 22 heavy (non-hydrogen) atoms. The Morgan fingerprint density at radius 2 is 2.09 bits per heavy atom. The average molecular weight is 341 g/mol. The minimum Gasteiger partial charge on any atom is -0.339 e. The van der Waals surface area contributed by atoms with Crippen molar-refractivity contribution >= 4 is 47.6 Å². The Kier molecular flexibility index (Phi) is 5.20. The van der Waals surface area contributed by atoms with E-state index in [4.69, 9.17) is 0 Å². The number of aliphatic imine (C=N–C) groups is 1. The van der Waals surface area contributed by atoms with E-state index in [0.29, 0.717) is 37.8 Å². The molecule has 0 bridgehead atoms. The van der Waals surface area contributed by atoms with Crippen LogP contribution in [0.25, 0.3) is 6.08 Å². The fraction of sp³-hybridized carbons (Fsp3) is 0.357. The van der Waals surface area contributed by atoms with Gasteiger partial charge in [0.2, 0.25) is 11.9 Å². The Hall–Kier alpha value is -1.86. The second-order valence-electron chi connectivity index (χ2n) is 4.97. The fourth-order valence-electron chi connectivity index (χ4n) is 2.35. The molecule has 1 aromatic rings. The molecule has 1 aromatic heterocycles. The molecule has 2 aliphatic heterocycles. The van der Waals surface area contributed by atoms with E-state index >= 15 is 0 Å². The van der Waals surface area contributed by atoms with Crippen LogP contribution in [0.3, 0.4) is 0 Å². The van der Waals surface area contributed by atoms with Crippen LogP contribution >= 0.6 is 23.7 Å². The third-order valence-corrected chi connectivity index (χ3v) is 4.26. The minimum absolute atomic E-state index is 0. The number of rotatable bonds is 1. The highest BCUT2D eigenvalue weighted by Crippen LogP contribution is 2.16. The van der Waals surface area contributed by atoms with E-state index in [1.54, 1.807) is 29.2 Å². The highest BCUT2D eigenvalue weighted by molar-refractivity contribution is 7.08. The van der Waals surface area contributed by atoms with Gasteiger partial charge in [0.25, 0.3) is 5.91 Å². The molecule has 8 heteroatoms. The van der Waals surface area contributed by atoms with Gasteiger partial charge in [0, 0.05) is 33.1 Å². The number of nitrogens with zero attached hydrogens (tertiary/aromatic N) is 3.